The fraction of sp³-hybridized carbons (Fsp3) is 0.280. The SMILES string of the molecule is CC(C)(C)C(NC(=O)c1nn(Cc2ccc(F)cc2)c2ccccc12)C(=O)NCc1nnc(C(N)=O)o1. The molecule has 192 valence electrons. The highest BCUT2D eigenvalue weighted by Gasteiger charge is 2.34. The Morgan fingerprint density at radius 1 is 1.08 bits per heavy atom. The summed E-state index contributed by atoms with van der Waals surface area (Å²) in [4.78, 5) is 37.5. The molecular weight excluding hydrogens is 481 g/mol. The molecule has 1 unspecified atom stereocenters. The molecule has 1 atom stereocenters. The lowest BCUT2D eigenvalue weighted by molar-refractivity contribution is -0.125. The minimum Gasteiger partial charge on any atom is -0.415 e. The molecule has 4 rings (SSSR count). The summed E-state index contributed by atoms with van der Waals surface area (Å²) in [6.45, 7) is 5.59. The van der Waals surface area contributed by atoms with Crippen molar-refractivity contribution in [3.05, 3.63) is 77.4 Å². The zero-order chi connectivity index (χ0) is 26.7. The molecule has 0 aliphatic carbocycles. The standard InChI is InChI=1S/C25H26FN7O4/c1-25(2,3)20(23(36)28-12-18-30-31-24(37-18)21(27)34)29-22(35)19-16-6-4-5-7-17(16)33(32-19)13-14-8-10-15(26)11-9-14/h4-11,20H,12-13H2,1-3H3,(H2,27,34)(H,28,36)(H,29,35). The fourth-order valence-corrected chi connectivity index (χ4v) is 3.74. The third-order valence-corrected chi connectivity index (χ3v) is 5.61. The molecule has 2 heterocycles. The second-order valence-electron chi connectivity index (χ2n) is 9.51. The molecular formula is C25H26FN7O4. The molecule has 0 fully saturated rings. The molecule has 0 aliphatic heterocycles. The average molecular weight is 508 g/mol. The molecule has 0 bridgehead atoms. The molecule has 4 N–H and O–H groups in total. The smallest absolute Gasteiger partial charge is 0.306 e. The van der Waals surface area contributed by atoms with Gasteiger partial charge in [0.25, 0.3) is 5.91 Å². The quantitative estimate of drug-likeness (QED) is 0.330. The zero-order valence-electron chi connectivity index (χ0n) is 20.5. The van der Waals surface area contributed by atoms with Gasteiger partial charge in [-0.25, -0.2) is 4.39 Å². The van der Waals surface area contributed by atoms with Crippen molar-refractivity contribution in [2.45, 2.75) is 39.9 Å². The molecule has 11 nitrogen and oxygen atoms in total. The number of amides is 3. The summed E-state index contributed by atoms with van der Waals surface area (Å²) < 4.78 is 20.1. The van der Waals surface area contributed by atoms with Crippen molar-refractivity contribution >= 4 is 28.6 Å². The number of aromatic nitrogens is 4. The van der Waals surface area contributed by atoms with Crippen LogP contribution in [0.1, 0.15) is 53.4 Å². The average Bonchev–Trinajstić information content (AvgIpc) is 3.47. The van der Waals surface area contributed by atoms with Crippen LogP contribution in [-0.2, 0) is 17.9 Å². The van der Waals surface area contributed by atoms with Crippen LogP contribution in [0.15, 0.2) is 52.9 Å². The summed E-state index contributed by atoms with van der Waals surface area (Å²) in [5, 5.41) is 17.7. The number of halogens is 1. The van der Waals surface area contributed by atoms with Gasteiger partial charge in [-0.2, -0.15) is 5.10 Å². The van der Waals surface area contributed by atoms with Crippen molar-refractivity contribution in [1.82, 2.24) is 30.6 Å². The molecule has 4 aromatic rings. The van der Waals surface area contributed by atoms with Gasteiger partial charge in [-0.05, 0) is 29.2 Å². The number of carbonyl (C=O) groups is 3. The first kappa shape index (κ1) is 25.5. The number of primary amides is 1. The lowest BCUT2D eigenvalue weighted by Gasteiger charge is -2.30. The molecule has 0 saturated carbocycles. The van der Waals surface area contributed by atoms with Gasteiger partial charge >= 0.3 is 11.8 Å². The molecule has 0 saturated heterocycles. The minimum atomic E-state index is -0.945. The predicted octanol–water partition coefficient (Wildman–Crippen LogP) is 2.17. The van der Waals surface area contributed by atoms with Crippen LogP contribution in [-0.4, -0.2) is 43.7 Å². The lowest BCUT2D eigenvalue weighted by Crippen LogP contribution is -2.53. The minimum absolute atomic E-state index is 0.00772. The number of nitrogens with one attached hydrogen (secondary N) is 2. The number of benzene rings is 2. The first-order valence-corrected chi connectivity index (χ1v) is 11.4. The van der Waals surface area contributed by atoms with Crippen LogP contribution in [0.4, 0.5) is 4.39 Å². The highest BCUT2D eigenvalue weighted by atomic mass is 19.1. The van der Waals surface area contributed by atoms with Crippen LogP contribution in [0.5, 0.6) is 0 Å². The van der Waals surface area contributed by atoms with Gasteiger partial charge in [-0.1, -0.05) is 51.1 Å². The van der Waals surface area contributed by atoms with E-state index in [2.05, 4.69) is 25.9 Å². The molecule has 2 aromatic carbocycles. The predicted molar refractivity (Wildman–Crippen MR) is 131 cm³/mol. The van der Waals surface area contributed by atoms with Gasteiger partial charge in [-0.15, -0.1) is 10.2 Å². The zero-order valence-corrected chi connectivity index (χ0v) is 20.5. The number of fused-ring (bicyclic) bond motifs is 1. The van der Waals surface area contributed by atoms with E-state index in [4.69, 9.17) is 10.2 Å². The second-order valence-corrected chi connectivity index (χ2v) is 9.51. The maximum absolute atomic E-state index is 13.4. The van der Waals surface area contributed by atoms with Gasteiger partial charge in [0.2, 0.25) is 11.8 Å². The van der Waals surface area contributed by atoms with E-state index in [-0.39, 0.29) is 29.8 Å². The largest absolute Gasteiger partial charge is 0.415 e. The maximum atomic E-state index is 13.4. The Hall–Kier alpha value is -4.61. The van der Waals surface area contributed by atoms with E-state index in [0.29, 0.717) is 11.9 Å². The van der Waals surface area contributed by atoms with Gasteiger partial charge in [0.05, 0.1) is 18.6 Å². The van der Waals surface area contributed by atoms with Gasteiger partial charge in [0.15, 0.2) is 5.69 Å². The second kappa shape index (κ2) is 10.2. The van der Waals surface area contributed by atoms with Crippen molar-refractivity contribution in [3.8, 4) is 0 Å². The van der Waals surface area contributed by atoms with Crippen LogP contribution in [0.2, 0.25) is 0 Å². The highest BCUT2D eigenvalue weighted by Crippen LogP contribution is 2.23. The molecule has 0 aliphatic rings. The van der Waals surface area contributed by atoms with Crippen molar-refractivity contribution < 1.29 is 23.2 Å². The molecule has 0 radical (unpaired) electrons. The van der Waals surface area contributed by atoms with Gasteiger partial charge in [0.1, 0.15) is 11.9 Å². The highest BCUT2D eigenvalue weighted by molar-refractivity contribution is 6.06. The van der Waals surface area contributed by atoms with Crippen molar-refractivity contribution in [3.63, 3.8) is 0 Å². The van der Waals surface area contributed by atoms with E-state index >= 15 is 0 Å². The lowest BCUT2D eigenvalue weighted by atomic mass is 9.86. The van der Waals surface area contributed by atoms with E-state index < -0.39 is 29.2 Å². The number of carbonyl (C=O) groups excluding carboxylic acids is 3. The van der Waals surface area contributed by atoms with Crippen molar-refractivity contribution in [2.75, 3.05) is 0 Å². The Morgan fingerprint density at radius 2 is 1.78 bits per heavy atom. The van der Waals surface area contributed by atoms with Crippen molar-refractivity contribution in [2.24, 2.45) is 11.1 Å². The van der Waals surface area contributed by atoms with Crippen LogP contribution in [0, 0.1) is 11.2 Å². The van der Waals surface area contributed by atoms with Crippen LogP contribution >= 0.6 is 0 Å². The third-order valence-electron chi connectivity index (χ3n) is 5.61. The van der Waals surface area contributed by atoms with Crippen LogP contribution in [0.25, 0.3) is 10.9 Å². The molecule has 37 heavy (non-hydrogen) atoms. The van der Waals surface area contributed by atoms with Gasteiger partial charge < -0.3 is 20.8 Å². The Kier molecular flexibility index (Phi) is 7.00. The van der Waals surface area contributed by atoms with E-state index in [1.807, 2.05) is 12.1 Å². The fourth-order valence-electron chi connectivity index (χ4n) is 3.74. The molecule has 3 amide bonds. The van der Waals surface area contributed by atoms with E-state index in [1.54, 1.807) is 49.7 Å². The number of hydrogen-bond acceptors (Lipinski definition) is 7. The van der Waals surface area contributed by atoms with E-state index in [9.17, 15) is 18.8 Å². The van der Waals surface area contributed by atoms with E-state index in [1.165, 1.54) is 12.1 Å². The molecule has 12 heteroatoms. The summed E-state index contributed by atoms with van der Waals surface area (Å²) in [5.74, 6) is -2.61. The van der Waals surface area contributed by atoms with Crippen LogP contribution in [0.3, 0.4) is 0 Å². The number of rotatable bonds is 8. The van der Waals surface area contributed by atoms with Crippen molar-refractivity contribution in [1.29, 1.82) is 0 Å². The summed E-state index contributed by atoms with van der Waals surface area (Å²) in [6, 6.07) is 12.3. The number of nitrogens with zero attached hydrogens (tertiary/aromatic N) is 4. The topological polar surface area (TPSA) is 158 Å². The number of hydrogen-bond donors (Lipinski definition) is 3. The first-order valence-electron chi connectivity index (χ1n) is 11.4. The molecule has 0 spiro atoms. The molecule has 2 aromatic heterocycles. The number of nitrogens with two attached hydrogens (primary N) is 1. The monoisotopic (exact) mass is 507 g/mol. The summed E-state index contributed by atoms with van der Waals surface area (Å²) in [7, 11) is 0. The Bertz CT molecular complexity index is 1450. The van der Waals surface area contributed by atoms with Crippen LogP contribution < -0.4 is 16.4 Å². The maximum Gasteiger partial charge on any atom is 0.306 e. The summed E-state index contributed by atoms with van der Waals surface area (Å²) >= 11 is 0. The Labute approximate surface area is 211 Å². The van der Waals surface area contributed by atoms with E-state index in [0.717, 1.165) is 11.1 Å². The number of para-hydroxylation sites is 1. The summed E-state index contributed by atoms with van der Waals surface area (Å²) in [5.41, 5.74) is 6.12. The first-order chi connectivity index (χ1) is 17.5. The third kappa shape index (κ3) is 5.80. The Morgan fingerprint density at radius 3 is 2.43 bits per heavy atom. The van der Waals surface area contributed by atoms with Gasteiger partial charge in [0, 0.05) is 5.39 Å². The Balaban J connectivity index is 1.54. The normalized spacial score (nSPS) is 12.3. The summed E-state index contributed by atoms with van der Waals surface area (Å²) in [6.07, 6.45) is 0. The van der Waals surface area contributed by atoms with Gasteiger partial charge in [-0.3, -0.25) is 19.1 Å².